The predicted molar refractivity (Wildman–Crippen MR) is 196 cm³/mol. The maximum atomic E-state index is 11.7. The maximum absolute atomic E-state index is 11.7. The minimum absolute atomic E-state index is 0.0815. The van der Waals surface area contributed by atoms with E-state index >= 15 is 0 Å². The van der Waals surface area contributed by atoms with Gasteiger partial charge in [0.25, 0.3) is 0 Å². The summed E-state index contributed by atoms with van der Waals surface area (Å²) >= 11 is 0. The van der Waals surface area contributed by atoms with Crippen LogP contribution in [0.1, 0.15) is 159 Å². The Bertz CT molecular complexity index is 943. The summed E-state index contributed by atoms with van der Waals surface area (Å²) < 4.78 is 0. The van der Waals surface area contributed by atoms with Crippen LogP contribution in [0.3, 0.4) is 0 Å². The van der Waals surface area contributed by atoms with Crippen LogP contribution in [0, 0.1) is 5.92 Å². The van der Waals surface area contributed by atoms with Gasteiger partial charge in [0.1, 0.15) is 6.29 Å². The van der Waals surface area contributed by atoms with Gasteiger partial charge in [-0.2, -0.15) is 0 Å². The first-order valence-corrected chi connectivity index (χ1v) is 17.1. The molecular weight excluding hydrogens is 520 g/mol. The summed E-state index contributed by atoms with van der Waals surface area (Å²) in [6.07, 6.45) is 35.2. The van der Waals surface area contributed by atoms with Crippen molar-refractivity contribution in [2.45, 2.75) is 159 Å². The molecule has 0 rings (SSSR count). The highest BCUT2D eigenvalue weighted by atomic mass is 16.1. The topological polar surface area (TPSA) is 17.1 Å². The highest BCUT2D eigenvalue weighted by Crippen LogP contribution is 2.18. The highest BCUT2D eigenvalue weighted by molar-refractivity contribution is 5.54. The molecule has 0 aliphatic carbocycles. The average Bonchev–Trinajstić information content (AvgIpc) is 2.92. The summed E-state index contributed by atoms with van der Waals surface area (Å²) in [6.45, 7) is 22.1. The second-order valence-electron chi connectivity index (χ2n) is 13.5. The number of hydrogen-bond acceptors (Lipinski definition) is 1. The van der Waals surface area contributed by atoms with Crippen LogP contribution in [0.15, 0.2) is 93.2 Å². The molecule has 0 spiro atoms. The first-order chi connectivity index (χ1) is 20.4. The fourth-order valence-electron chi connectivity index (χ4n) is 4.89. The summed E-state index contributed by atoms with van der Waals surface area (Å²) in [6, 6.07) is 0. The van der Waals surface area contributed by atoms with Gasteiger partial charge in [-0.1, -0.05) is 93.2 Å². The fraction of sp³-hybridized carbons (Fsp3) is 0.595. The molecular formula is C42H68O. The third-order valence-corrected chi connectivity index (χ3v) is 8.04. The minimum Gasteiger partial charge on any atom is -0.303 e. The molecule has 0 aliphatic rings. The van der Waals surface area contributed by atoms with E-state index in [1.807, 2.05) is 0 Å². The lowest BCUT2D eigenvalue weighted by Gasteiger charge is -2.07. The molecule has 0 fully saturated rings. The molecule has 0 saturated carbocycles. The van der Waals surface area contributed by atoms with Crippen LogP contribution < -0.4 is 0 Å². The molecule has 0 saturated heterocycles. The van der Waals surface area contributed by atoms with E-state index in [-0.39, 0.29) is 5.92 Å². The Morgan fingerprint density at radius 1 is 0.372 bits per heavy atom. The van der Waals surface area contributed by atoms with E-state index in [0.29, 0.717) is 0 Å². The average molecular weight is 589 g/mol. The third-order valence-electron chi connectivity index (χ3n) is 8.04. The lowest BCUT2D eigenvalue weighted by molar-refractivity contribution is -0.110. The van der Waals surface area contributed by atoms with Gasteiger partial charge in [-0.3, -0.25) is 0 Å². The number of aldehydes is 1. The molecule has 0 unspecified atom stereocenters. The second-order valence-corrected chi connectivity index (χ2v) is 13.5. The zero-order valence-corrected chi connectivity index (χ0v) is 30.1. The van der Waals surface area contributed by atoms with Crippen molar-refractivity contribution in [3.63, 3.8) is 0 Å². The van der Waals surface area contributed by atoms with Crippen LogP contribution >= 0.6 is 0 Å². The molecule has 242 valence electrons. The Morgan fingerprint density at radius 3 is 0.837 bits per heavy atom. The quantitative estimate of drug-likeness (QED) is 0.0857. The molecule has 0 aromatic rings. The van der Waals surface area contributed by atoms with Crippen LogP contribution in [-0.4, -0.2) is 6.29 Å². The molecule has 0 aromatic carbocycles. The van der Waals surface area contributed by atoms with Gasteiger partial charge in [-0.05, 0) is 159 Å². The molecule has 1 heteroatoms. The van der Waals surface area contributed by atoms with E-state index in [1.165, 1.54) is 57.4 Å². The van der Waals surface area contributed by atoms with Gasteiger partial charge in [0.05, 0.1) is 0 Å². The molecule has 0 radical (unpaired) electrons. The first kappa shape index (κ1) is 40.6. The lowest BCUT2D eigenvalue weighted by Crippen LogP contribution is -1.99. The van der Waals surface area contributed by atoms with E-state index in [4.69, 9.17) is 0 Å². The molecule has 0 aliphatic heterocycles. The van der Waals surface area contributed by atoms with Crippen LogP contribution in [0.4, 0.5) is 0 Å². The Balaban J connectivity index is 4.39. The SMILES string of the molecule is CC(C)=CCC/C(C)=C/CC/C(C)=C/CC/C(C)=C/CC(C=O)C/C=C(\C)CC/C=C(\C)CC/C=C(\C)CCC=C(C)C. The number of allylic oxidation sites excluding steroid dienone is 16. The summed E-state index contributed by atoms with van der Waals surface area (Å²) in [5.74, 6) is 0.0815. The number of rotatable bonds is 23. The summed E-state index contributed by atoms with van der Waals surface area (Å²) in [5.41, 5.74) is 11.6. The highest BCUT2D eigenvalue weighted by Gasteiger charge is 2.04. The van der Waals surface area contributed by atoms with E-state index in [2.05, 4.69) is 118 Å². The Kier molecular flexibility index (Phi) is 24.6. The number of hydrogen-bond donors (Lipinski definition) is 0. The van der Waals surface area contributed by atoms with Crippen molar-refractivity contribution in [1.82, 2.24) is 0 Å². The van der Waals surface area contributed by atoms with Crippen molar-refractivity contribution >= 4 is 6.29 Å². The predicted octanol–water partition coefficient (Wildman–Crippen LogP) is 13.9. The molecule has 43 heavy (non-hydrogen) atoms. The number of carbonyl (C=O) groups excluding carboxylic acids is 1. The molecule has 0 bridgehead atoms. The molecule has 0 aromatic heterocycles. The number of carbonyl (C=O) groups is 1. The van der Waals surface area contributed by atoms with Crippen molar-refractivity contribution < 1.29 is 4.79 Å². The molecule has 0 atom stereocenters. The fourth-order valence-corrected chi connectivity index (χ4v) is 4.89. The van der Waals surface area contributed by atoms with E-state index < -0.39 is 0 Å². The van der Waals surface area contributed by atoms with E-state index in [0.717, 1.165) is 83.3 Å². The molecule has 0 heterocycles. The molecule has 0 N–H and O–H groups in total. The second kappa shape index (κ2) is 26.0. The maximum Gasteiger partial charge on any atom is 0.123 e. The van der Waals surface area contributed by atoms with Crippen molar-refractivity contribution in [3.05, 3.63) is 93.2 Å². The van der Waals surface area contributed by atoms with Gasteiger partial charge in [0.2, 0.25) is 0 Å². The van der Waals surface area contributed by atoms with Crippen molar-refractivity contribution in [1.29, 1.82) is 0 Å². The van der Waals surface area contributed by atoms with Gasteiger partial charge in [-0.15, -0.1) is 0 Å². The Hall–Kier alpha value is -2.41. The zero-order chi connectivity index (χ0) is 32.5. The van der Waals surface area contributed by atoms with Crippen LogP contribution in [-0.2, 0) is 4.79 Å². The molecule has 0 amide bonds. The summed E-state index contributed by atoms with van der Waals surface area (Å²) in [4.78, 5) is 11.7. The first-order valence-electron chi connectivity index (χ1n) is 17.1. The van der Waals surface area contributed by atoms with E-state index in [1.54, 1.807) is 0 Å². The standard InChI is InChI=1S/C42H68O/c1-34(2)17-11-19-36(5)21-13-23-38(7)25-15-27-40(9)29-31-42(33-43)32-30-41(10)28-16-26-39(8)24-14-22-37(6)20-12-18-35(3)4/h17-18,21-22,25-26,29-30,33,42H,11-16,19-20,23-24,27-28,31-32H2,1-10H3/b36-21+,37-22+,38-25+,39-26+,40-29+,41-30+. The van der Waals surface area contributed by atoms with Crippen molar-refractivity contribution in [2.24, 2.45) is 5.92 Å². The molecule has 1 nitrogen and oxygen atoms in total. The van der Waals surface area contributed by atoms with Gasteiger partial charge >= 0.3 is 0 Å². The zero-order valence-electron chi connectivity index (χ0n) is 30.1. The normalized spacial score (nSPS) is 14.6. The lowest BCUT2D eigenvalue weighted by atomic mass is 9.98. The van der Waals surface area contributed by atoms with Gasteiger partial charge in [-0.25, -0.2) is 0 Å². The van der Waals surface area contributed by atoms with Gasteiger partial charge in [0.15, 0.2) is 0 Å². The smallest absolute Gasteiger partial charge is 0.123 e. The largest absolute Gasteiger partial charge is 0.303 e. The van der Waals surface area contributed by atoms with Crippen molar-refractivity contribution in [2.75, 3.05) is 0 Å². The third kappa shape index (κ3) is 26.9. The summed E-state index contributed by atoms with van der Waals surface area (Å²) in [7, 11) is 0. The van der Waals surface area contributed by atoms with Crippen LogP contribution in [0.25, 0.3) is 0 Å². The minimum atomic E-state index is 0.0815. The Morgan fingerprint density at radius 2 is 0.605 bits per heavy atom. The monoisotopic (exact) mass is 589 g/mol. The van der Waals surface area contributed by atoms with Crippen molar-refractivity contribution in [3.8, 4) is 0 Å². The van der Waals surface area contributed by atoms with E-state index in [9.17, 15) is 4.79 Å². The van der Waals surface area contributed by atoms with Gasteiger partial charge < -0.3 is 4.79 Å². The summed E-state index contributed by atoms with van der Waals surface area (Å²) in [5, 5.41) is 0. The van der Waals surface area contributed by atoms with Gasteiger partial charge in [0, 0.05) is 5.92 Å². The van der Waals surface area contributed by atoms with Crippen LogP contribution in [0.2, 0.25) is 0 Å². The Labute approximate surface area is 268 Å². The van der Waals surface area contributed by atoms with Crippen LogP contribution in [0.5, 0.6) is 0 Å².